The van der Waals surface area contributed by atoms with Crippen LogP contribution in [0.1, 0.15) is 11.3 Å². The van der Waals surface area contributed by atoms with Crippen LogP contribution in [0.15, 0.2) is 24.4 Å². The normalized spacial score (nSPS) is 13.8. The molecule has 0 bridgehead atoms. The van der Waals surface area contributed by atoms with Gasteiger partial charge in [0.25, 0.3) is 0 Å². The maximum atomic E-state index is 12.5. The molecule has 0 N–H and O–H groups in total. The molecule has 0 saturated carbocycles. The van der Waals surface area contributed by atoms with E-state index in [1.54, 1.807) is 21.8 Å². The van der Waals surface area contributed by atoms with Crippen molar-refractivity contribution in [3.63, 3.8) is 0 Å². The summed E-state index contributed by atoms with van der Waals surface area (Å²) in [6, 6.07) is 4.57. The fourth-order valence-electron chi connectivity index (χ4n) is 2.60. The Morgan fingerprint density at radius 1 is 1.33 bits per heavy atom. The molecule has 1 aliphatic heterocycles. The van der Waals surface area contributed by atoms with Crippen molar-refractivity contribution in [3.8, 4) is 11.5 Å². The highest BCUT2D eigenvalue weighted by molar-refractivity contribution is 5.79. The lowest BCUT2D eigenvalue weighted by Crippen LogP contribution is -2.39. The number of alkyl halides is 2. The van der Waals surface area contributed by atoms with Gasteiger partial charge in [-0.3, -0.25) is 4.79 Å². The average molecular weight is 338 g/mol. The summed E-state index contributed by atoms with van der Waals surface area (Å²) >= 11 is 0. The van der Waals surface area contributed by atoms with Crippen LogP contribution in [0.4, 0.5) is 8.78 Å². The summed E-state index contributed by atoms with van der Waals surface area (Å²) in [6.07, 6.45) is 1.71. The second-order valence-electron chi connectivity index (χ2n) is 5.30. The molecule has 1 aromatic heterocycles. The summed E-state index contributed by atoms with van der Waals surface area (Å²) in [5, 5.41) is 7.73. The first-order valence-electron chi connectivity index (χ1n) is 7.33. The lowest BCUT2D eigenvalue weighted by Gasteiger charge is -2.27. The third kappa shape index (κ3) is 3.44. The Labute approximate surface area is 136 Å². The summed E-state index contributed by atoms with van der Waals surface area (Å²) < 4.78 is 36.1. The van der Waals surface area contributed by atoms with Crippen molar-refractivity contribution in [2.75, 3.05) is 13.7 Å². The van der Waals surface area contributed by atoms with Crippen LogP contribution in [0.5, 0.6) is 11.5 Å². The molecule has 2 aromatic rings. The van der Waals surface area contributed by atoms with Gasteiger partial charge in [-0.2, -0.15) is 8.78 Å². The molecule has 7 nitrogen and oxygen atoms in total. The second-order valence-corrected chi connectivity index (χ2v) is 5.30. The Hall–Kier alpha value is -2.71. The molecule has 128 valence electrons. The molecule has 0 aliphatic carbocycles. The molecule has 0 atom stereocenters. The van der Waals surface area contributed by atoms with Crippen molar-refractivity contribution in [1.82, 2.24) is 19.9 Å². The zero-order chi connectivity index (χ0) is 17.1. The molecule has 1 aromatic carbocycles. The summed E-state index contributed by atoms with van der Waals surface area (Å²) in [5.74, 6) is 0.00813. The Bertz CT molecular complexity index is 735. The zero-order valence-corrected chi connectivity index (χ0v) is 13.0. The van der Waals surface area contributed by atoms with E-state index in [-0.39, 0.29) is 23.8 Å². The van der Waals surface area contributed by atoms with Crippen LogP contribution >= 0.6 is 0 Å². The number of carbonyl (C=O) groups is 1. The number of ether oxygens (including phenoxy) is 2. The van der Waals surface area contributed by atoms with E-state index in [1.165, 1.54) is 19.2 Å². The summed E-state index contributed by atoms with van der Waals surface area (Å²) in [6.45, 7) is -1.41. The lowest BCUT2D eigenvalue weighted by molar-refractivity contribution is -0.132. The summed E-state index contributed by atoms with van der Waals surface area (Å²) in [5.41, 5.74) is 1.44. The van der Waals surface area contributed by atoms with E-state index < -0.39 is 6.61 Å². The van der Waals surface area contributed by atoms with Gasteiger partial charge in [-0.1, -0.05) is 11.3 Å². The maximum absolute atomic E-state index is 12.5. The van der Waals surface area contributed by atoms with Gasteiger partial charge in [-0.05, 0) is 17.7 Å². The number of fused-ring (bicyclic) bond motifs is 1. The van der Waals surface area contributed by atoms with E-state index in [0.717, 1.165) is 5.69 Å². The zero-order valence-electron chi connectivity index (χ0n) is 13.0. The van der Waals surface area contributed by atoms with E-state index >= 15 is 0 Å². The summed E-state index contributed by atoms with van der Waals surface area (Å²) in [4.78, 5) is 14.1. The van der Waals surface area contributed by atoms with Crippen molar-refractivity contribution in [2.45, 2.75) is 26.1 Å². The Morgan fingerprint density at radius 3 is 2.92 bits per heavy atom. The van der Waals surface area contributed by atoms with E-state index in [9.17, 15) is 13.6 Å². The topological polar surface area (TPSA) is 69.5 Å². The molecule has 1 amide bonds. The van der Waals surface area contributed by atoms with Crippen LogP contribution in [0.25, 0.3) is 0 Å². The number of methoxy groups -OCH3 is 1. The van der Waals surface area contributed by atoms with E-state index in [4.69, 9.17) is 4.74 Å². The third-order valence-corrected chi connectivity index (χ3v) is 3.78. The molecule has 0 spiro atoms. The van der Waals surface area contributed by atoms with Crippen LogP contribution in [-0.4, -0.2) is 46.1 Å². The number of hydrogen-bond acceptors (Lipinski definition) is 5. The van der Waals surface area contributed by atoms with Gasteiger partial charge in [0.05, 0.1) is 38.5 Å². The maximum Gasteiger partial charge on any atom is 0.387 e. The Morgan fingerprint density at radius 2 is 2.17 bits per heavy atom. The second kappa shape index (κ2) is 6.81. The van der Waals surface area contributed by atoms with Gasteiger partial charge < -0.3 is 14.4 Å². The van der Waals surface area contributed by atoms with Gasteiger partial charge in [-0.15, -0.1) is 5.10 Å². The van der Waals surface area contributed by atoms with Gasteiger partial charge in [0.1, 0.15) is 0 Å². The molecule has 0 unspecified atom stereocenters. The van der Waals surface area contributed by atoms with Gasteiger partial charge >= 0.3 is 6.61 Å². The molecule has 0 saturated heterocycles. The molecule has 9 heteroatoms. The van der Waals surface area contributed by atoms with E-state index in [1.807, 2.05) is 0 Å². The number of carbonyl (C=O) groups excluding carboxylic acids is 1. The standard InChI is InChI=1S/C15H16F2N4O3/c1-23-12-3-2-10(6-13(12)24-15(16)17)7-14(22)20-4-5-21-11(9-20)8-18-19-21/h2-3,6,8,15H,4-5,7,9H2,1H3. The SMILES string of the molecule is COc1ccc(CC(=O)N2CCn3nncc3C2)cc1OC(F)F. The monoisotopic (exact) mass is 338 g/mol. The lowest BCUT2D eigenvalue weighted by atomic mass is 10.1. The molecule has 0 radical (unpaired) electrons. The Kier molecular flexibility index (Phi) is 4.59. The molecule has 1 aliphatic rings. The number of amides is 1. The fourth-order valence-corrected chi connectivity index (χ4v) is 2.60. The van der Waals surface area contributed by atoms with Crippen LogP contribution in [0.3, 0.4) is 0 Å². The predicted molar refractivity (Wildman–Crippen MR) is 78.8 cm³/mol. The molecule has 3 rings (SSSR count). The van der Waals surface area contributed by atoms with Crippen LogP contribution < -0.4 is 9.47 Å². The minimum absolute atomic E-state index is 0.0845. The van der Waals surface area contributed by atoms with Crippen LogP contribution in [0, 0.1) is 0 Å². The first-order valence-corrected chi connectivity index (χ1v) is 7.33. The van der Waals surface area contributed by atoms with E-state index in [0.29, 0.717) is 25.2 Å². The number of nitrogens with zero attached hydrogens (tertiary/aromatic N) is 4. The predicted octanol–water partition coefficient (Wildman–Crippen LogP) is 1.47. The minimum atomic E-state index is -2.96. The molecule has 2 heterocycles. The smallest absolute Gasteiger partial charge is 0.387 e. The first kappa shape index (κ1) is 16.2. The molecule has 0 fully saturated rings. The molecular weight excluding hydrogens is 322 g/mol. The Balaban J connectivity index is 1.70. The molecule has 24 heavy (non-hydrogen) atoms. The van der Waals surface area contributed by atoms with Gasteiger partial charge in [0.15, 0.2) is 11.5 Å². The van der Waals surface area contributed by atoms with Crippen molar-refractivity contribution < 1.29 is 23.0 Å². The highest BCUT2D eigenvalue weighted by atomic mass is 19.3. The van der Waals surface area contributed by atoms with E-state index in [2.05, 4.69) is 15.0 Å². The first-order chi connectivity index (χ1) is 11.6. The summed E-state index contributed by atoms with van der Waals surface area (Å²) in [7, 11) is 1.36. The highest BCUT2D eigenvalue weighted by Crippen LogP contribution is 2.30. The number of benzene rings is 1. The highest BCUT2D eigenvalue weighted by Gasteiger charge is 2.22. The third-order valence-electron chi connectivity index (χ3n) is 3.78. The van der Waals surface area contributed by atoms with Crippen LogP contribution in [-0.2, 0) is 24.3 Å². The van der Waals surface area contributed by atoms with Gasteiger partial charge in [0, 0.05) is 6.54 Å². The van der Waals surface area contributed by atoms with Gasteiger partial charge in [-0.25, -0.2) is 4.68 Å². The van der Waals surface area contributed by atoms with Crippen molar-refractivity contribution in [3.05, 3.63) is 35.7 Å². The number of aromatic nitrogens is 3. The van der Waals surface area contributed by atoms with Crippen molar-refractivity contribution in [2.24, 2.45) is 0 Å². The molecular formula is C15H16F2N4O3. The van der Waals surface area contributed by atoms with Crippen molar-refractivity contribution >= 4 is 5.91 Å². The van der Waals surface area contributed by atoms with Crippen LogP contribution in [0.2, 0.25) is 0 Å². The number of rotatable bonds is 5. The minimum Gasteiger partial charge on any atom is -0.493 e. The van der Waals surface area contributed by atoms with Crippen molar-refractivity contribution in [1.29, 1.82) is 0 Å². The quantitative estimate of drug-likeness (QED) is 0.826. The number of hydrogen-bond donors (Lipinski definition) is 0. The number of halogens is 2. The average Bonchev–Trinajstić information content (AvgIpc) is 3.02. The fraction of sp³-hybridized carbons (Fsp3) is 0.400. The largest absolute Gasteiger partial charge is 0.493 e. The van der Waals surface area contributed by atoms with Gasteiger partial charge in [0.2, 0.25) is 5.91 Å².